The summed E-state index contributed by atoms with van der Waals surface area (Å²) in [5, 5.41) is 8.80. The summed E-state index contributed by atoms with van der Waals surface area (Å²) in [7, 11) is 1.99. The van der Waals surface area contributed by atoms with Gasteiger partial charge in [-0.2, -0.15) is 5.10 Å². The highest BCUT2D eigenvalue weighted by Gasteiger charge is 2.17. The van der Waals surface area contributed by atoms with Crippen LogP contribution in [-0.4, -0.2) is 16.3 Å². The van der Waals surface area contributed by atoms with Crippen molar-refractivity contribution in [3.05, 3.63) is 50.7 Å². The number of aromatic nitrogens is 2. The maximum Gasteiger partial charge on any atom is 0.0596 e. The Bertz CT molecular complexity index is 610. The lowest BCUT2D eigenvalue weighted by Gasteiger charge is -2.20. The van der Waals surface area contributed by atoms with E-state index in [9.17, 15) is 0 Å². The Kier molecular flexibility index (Phi) is 5.85. The van der Waals surface area contributed by atoms with Gasteiger partial charge in [-0.15, -0.1) is 0 Å². The van der Waals surface area contributed by atoms with Crippen LogP contribution in [0.15, 0.2) is 28.7 Å². The number of nitrogens with zero attached hydrogens (tertiary/aromatic N) is 2. The molecule has 0 amide bonds. The van der Waals surface area contributed by atoms with Crippen LogP contribution in [0.25, 0.3) is 0 Å². The molecule has 0 radical (unpaired) electrons. The monoisotopic (exact) mass is 369 g/mol. The minimum absolute atomic E-state index is 0.216. The van der Waals surface area contributed by atoms with Gasteiger partial charge in [0.05, 0.1) is 5.69 Å². The first kappa shape index (κ1) is 16.5. The lowest BCUT2D eigenvalue weighted by atomic mass is 10.0. The zero-order chi connectivity index (χ0) is 15.4. The second-order valence-electron chi connectivity index (χ2n) is 5.28. The number of hydrogen-bond donors (Lipinski definition) is 1. The third kappa shape index (κ3) is 4.31. The molecule has 0 fully saturated rings. The van der Waals surface area contributed by atoms with Crippen LogP contribution in [0.2, 0.25) is 5.02 Å². The average molecular weight is 371 g/mol. The first-order valence-corrected chi connectivity index (χ1v) is 8.36. The quantitative estimate of drug-likeness (QED) is 0.815. The molecule has 2 rings (SSSR count). The fraction of sp³-hybridized carbons (Fsp3) is 0.438. The molecule has 1 aromatic carbocycles. The highest BCUT2D eigenvalue weighted by atomic mass is 79.9. The average Bonchev–Trinajstić information content (AvgIpc) is 2.75. The Hall–Kier alpha value is -0.840. The van der Waals surface area contributed by atoms with Gasteiger partial charge in [0, 0.05) is 34.7 Å². The van der Waals surface area contributed by atoms with Gasteiger partial charge in [0.15, 0.2) is 0 Å². The molecular weight excluding hydrogens is 350 g/mol. The van der Waals surface area contributed by atoms with E-state index in [1.807, 2.05) is 36.9 Å². The Morgan fingerprint density at radius 2 is 2.14 bits per heavy atom. The number of benzene rings is 1. The number of nitrogens with one attached hydrogen (secondary N) is 1. The van der Waals surface area contributed by atoms with Crippen molar-refractivity contribution in [3.8, 4) is 0 Å². The van der Waals surface area contributed by atoms with Gasteiger partial charge in [0.1, 0.15) is 0 Å². The summed E-state index contributed by atoms with van der Waals surface area (Å²) in [6.45, 7) is 5.17. The second-order valence-corrected chi connectivity index (χ2v) is 6.57. The molecule has 0 aliphatic heterocycles. The molecule has 114 valence electrons. The molecule has 21 heavy (non-hydrogen) atoms. The largest absolute Gasteiger partial charge is 0.310 e. The van der Waals surface area contributed by atoms with E-state index in [0.29, 0.717) is 0 Å². The molecule has 1 unspecified atom stereocenters. The van der Waals surface area contributed by atoms with Crippen molar-refractivity contribution in [2.24, 2.45) is 7.05 Å². The van der Waals surface area contributed by atoms with Crippen molar-refractivity contribution in [1.82, 2.24) is 15.1 Å². The molecule has 3 nitrogen and oxygen atoms in total. The molecule has 0 saturated heterocycles. The van der Waals surface area contributed by atoms with Gasteiger partial charge in [-0.1, -0.05) is 34.5 Å². The molecule has 0 aliphatic carbocycles. The van der Waals surface area contributed by atoms with E-state index in [2.05, 4.69) is 39.3 Å². The summed E-state index contributed by atoms with van der Waals surface area (Å²) in [5.74, 6) is 0. The number of halogens is 2. The lowest BCUT2D eigenvalue weighted by Crippen LogP contribution is -2.25. The number of hydrogen-bond acceptors (Lipinski definition) is 2. The van der Waals surface area contributed by atoms with Crippen LogP contribution in [0.4, 0.5) is 0 Å². The molecular formula is C16H21BrClN3. The zero-order valence-corrected chi connectivity index (χ0v) is 15.0. The minimum Gasteiger partial charge on any atom is -0.310 e. The van der Waals surface area contributed by atoms with E-state index < -0.39 is 0 Å². The molecule has 1 atom stereocenters. The molecule has 1 N–H and O–H groups in total. The molecule has 0 aliphatic rings. The van der Waals surface area contributed by atoms with Crippen molar-refractivity contribution in [3.63, 3.8) is 0 Å². The SMILES string of the molecule is CCCNC(Cc1cc(C)nn1C)c1cc(Cl)ccc1Br. The van der Waals surface area contributed by atoms with Gasteiger partial charge in [-0.3, -0.25) is 4.68 Å². The zero-order valence-electron chi connectivity index (χ0n) is 12.7. The Morgan fingerprint density at radius 3 is 2.76 bits per heavy atom. The van der Waals surface area contributed by atoms with Gasteiger partial charge in [0.2, 0.25) is 0 Å². The van der Waals surface area contributed by atoms with Crippen LogP contribution in [0.1, 0.15) is 36.3 Å². The van der Waals surface area contributed by atoms with Crippen molar-refractivity contribution < 1.29 is 0 Å². The van der Waals surface area contributed by atoms with E-state index >= 15 is 0 Å². The van der Waals surface area contributed by atoms with E-state index in [-0.39, 0.29) is 6.04 Å². The minimum atomic E-state index is 0.216. The van der Waals surface area contributed by atoms with Crippen molar-refractivity contribution in [2.75, 3.05) is 6.54 Å². The Labute approximate surface area is 139 Å². The topological polar surface area (TPSA) is 29.9 Å². The van der Waals surface area contributed by atoms with Gasteiger partial charge < -0.3 is 5.32 Å². The summed E-state index contributed by atoms with van der Waals surface area (Å²) < 4.78 is 3.04. The van der Waals surface area contributed by atoms with Crippen LogP contribution in [0.5, 0.6) is 0 Å². The van der Waals surface area contributed by atoms with E-state index in [1.165, 1.54) is 11.3 Å². The predicted octanol–water partition coefficient (Wildman–Crippen LogP) is 4.43. The summed E-state index contributed by atoms with van der Waals surface area (Å²) in [6, 6.07) is 8.29. The van der Waals surface area contributed by atoms with E-state index in [1.54, 1.807) is 0 Å². The van der Waals surface area contributed by atoms with E-state index in [4.69, 9.17) is 11.6 Å². The van der Waals surface area contributed by atoms with Crippen molar-refractivity contribution in [1.29, 1.82) is 0 Å². The molecule has 2 aromatic rings. The predicted molar refractivity (Wildman–Crippen MR) is 91.8 cm³/mol. The van der Waals surface area contributed by atoms with Gasteiger partial charge >= 0.3 is 0 Å². The van der Waals surface area contributed by atoms with Gasteiger partial charge in [0.25, 0.3) is 0 Å². The van der Waals surface area contributed by atoms with Crippen LogP contribution in [-0.2, 0) is 13.5 Å². The standard InChI is InChI=1S/C16H21BrClN3/c1-4-7-19-16(10-13-8-11(2)20-21(13)3)14-9-12(18)5-6-15(14)17/h5-6,8-9,16,19H,4,7,10H2,1-3H3. The molecule has 1 aromatic heterocycles. The number of rotatable bonds is 6. The second kappa shape index (κ2) is 7.43. The fourth-order valence-corrected chi connectivity index (χ4v) is 3.16. The van der Waals surface area contributed by atoms with Crippen LogP contribution in [0.3, 0.4) is 0 Å². The first-order chi connectivity index (χ1) is 10.0. The van der Waals surface area contributed by atoms with Gasteiger partial charge in [-0.05, 0) is 49.7 Å². The maximum absolute atomic E-state index is 6.17. The fourth-order valence-electron chi connectivity index (χ4n) is 2.46. The number of aryl methyl sites for hydroxylation is 2. The van der Waals surface area contributed by atoms with Crippen LogP contribution < -0.4 is 5.32 Å². The highest BCUT2D eigenvalue weighted by Crippen LogP contribution is 2.29. The van der Waals surface area contributed by atoms with Crippen molar-refractivity contribution >= 4 is 27.5 Å². The van der Waals surface area contributed by atoms with Crippen molar-refractivity contribution in [2.45, 2.75) is 32.7 Å². The highest BCUT2D eigenvalue weighted by molar-refractivity contribution is 9.10. The normalized spacial score (nSPS) is 12.6. The molecule has 0 spiro atoms. The molecule has 0 bridgehead atoms. The Balaban J connectivity index is 2.29. The molecule has 1 heterocycles. The summed E-state index contributed by atoms with van der Waals surface area (Å²) in [4.78, 5) is 0. The molecule has 0 saturated carbocycles. The smallest absolute Gasteiger partial charge is 0.0596 e. The Morgan fingerprint density at radius 1 is 1.38 bits per heavy atom. The van der Waals surface area contributed by atoms with Crippen LogP contribution >= 0.6 is 27.5 Å². The summed E-state index contributed by atoms with van der Waals surface area (Å²) in [6.07, 6.45) is 1.98. The lowest BCUT2D eigenvalue weighted by molar-refractivity contribution is 0.511. The van der Waals surface area contributed by atoms with Crippen LogP contribution in [0, 0.1) is 6.92 Å². The third-order valence-electron chi connectivity index (χ3n) is 3.49. The molecule has 5 heteroatoms. The summed E-state index contributed by atoms with van der Waals surface area (Å²) >= 11 is 9.81. The van der Waals surface area contributed by atoms with Gasteiger partial charge in [-0.25, -0.2) is 0 Å². The maximum atomic E-state index is 6.17. The van der Waals surface area contributed by atoms with E-state index in [0.717, 1.165) is 34.6 Å². The first-order valence-electron chi connectivity index (χ1n) is 7.19. The summed E-state index contributed by atoms with van der Waals surface area (Å²) in [5.41, 5.74) is 3.45. The third-order valence-corrected chi connectivity index (χ3v) is 4.44.